The molecule has 0 aliphatic carbocycles. The number of aliphatic hydroxyl groups is 1. The van der Waals surface area contributed by atoms with Gasteiger partial charge < -0.3 is 10.0 Å². The Morgan fingerprint density at radius 3 is 2.67 bits per heavy atom. The highest BCUT2D eigenvalue weighted by Crippen LogP contribution is 2.38. The van der Waals surface area contributed by atoms with Gasteiger partial charge in [-0.05, 0) is 36.2 Å². The summed E-state index contributed by atoms with van der Waals surface area (Å²) in [5, 5.41) is 18.8. The molecule has 1 aliphatic heterocycles. The molecule has 0 unspecified atom stereocenters. The number of pyridine rings is 1. The first-order chi connectivity index (χ1) is 11.4. The second kappa shape index (κ2) is 6.13. The molecule has 1 aromatic heterocycles. The number of nitrogens with zero attached hydrogens (tertiary/aromatic N) is 3. The minimum atomic E-state index is -4.41. The first-order valence-electron chi connectivity index (χ1n) is 7.36. The van der Waals surface area contributed by atoms with Crippen LogP contribution in [0.4, 0.5) is 18.9 Å². The largest absolute Gasteiger partial charge is 0.416 e. The van der Waals surface area contributed by atoms with E-state index < -0.39 is 17.8 Å². The Hall–Kier alpha value is -2.59. The molecule has 2 heterocycles. The first kappa shape index (κ1) is 16.3. The van der Waals surface area contributed by atoms with Crippen LogP contribution in [0.3, 0.4) is 0 Å². The molecule has 0 amide bonds. The van der Waals surface area contributed by atoms with E-state index in [0.29, 0.717) is 24.2 Å². The molecule has 2 atom stereocenters. The van der Waals surface area contributed by atoms with Crippen molar-refractivity contribution >= 4 is 5.69 Å². The van der Waals surface area contributed by atoms with Crippen LogP contribution in [-0.4, -0.2) is 22.7 Å². The number of benzene rings is 1. The molecule has 1 saturated heterocycles. The molecule has 1 fully saturated rings. The molecule has 1 aromatic carbocycles. The number of aliphatic hydroxyl groups excluding tert-OH is 1. The van der Waals surface area contributed by atoms with E-state index >= 15 is 0 Å². The molecular weight excluding hydrogens is 319 g/mol. The average Bonchev–Trinajstić information content (AvgIpc) is 2.96. The molecule has 3 rings (SSSR count). The molecule has 2 aromatic rings. The fourth-order valence-corrected chi connectivity index (χ4v) is 2.96. The normalized spacial score (nSPS) is 20.9. The van der Waals surface area contributed by atoms with Crippen molar-refractivity contribution in [2.75, 3.05) is 11.4 Å². The Kier molecular flexibility index (Phi) is 4.16. The number of halogens is 3. The third-order valence-electron chi connectivity index (χ3n) is 4.07. The smallest absolute Gasteiger partial charge is 0.391 e. The van der Waals surface area contributed by atoms with Crippen molar-refractivity contribution in [1.29, 1.82) is 5.26 Å². The second-order valence-electron chi connectivity index (χ2n) is 5.69. The van der Waals surface area contributed by atoms with E-state index in [9.17, 15) is 18.3 Å². The average molecular weight is 333 g/mol. The van der Waals surface area contributed by atoms with Crippen LogP contribution >= 0.6 is 0 Å². The monoisotopic (exact) mass is 333 g/mol. The lowest BCUT2D eigenvalue weighted by atomic mass is 10.0. The van der Waals surface area contributed by atoms with Gasteiger partial charge in [0.1, 0.15) is 11.8 Å². The summed E-state index contributed by atoms with van der Waals surface area (Å²) in [4.78, 5) is 5.80. The van der Waals surface area contributed by atoms with Crippen molar-refractivity contribution in [3.05, 3.63) is 59.4 Å². The van der Waals surface area contributed by atoms with Gasteiger partial charge in [-0.1, -0.05) is 12.1 Å². The zero-order chi connectivity index (χ0) is 17.3. The van der Waals surface area contributed by atoms with Crippen LogP contribution in [0.1, 0.15) is 29.3 Å². The van der Waals surface area contributed by atoms with Gasteiger partial charge in [0.05, 0.1) is 29.6 Å². The fraction of sp³-hybridized carbons (Fsp3) is 0.294. The summed E-state index contributed by atoms with van der Waals surface area (Å²) in [5.41, 5.74) is 0.701. The predicted molar refractivity (Wildman–Crippen MR) is 81.1 cm³/mol. The molecule has 24 heavy (non-hydrogen) atoms. The molecule has 1 N–H and O–H groups in total. The summed E-state index contributed by atoms with van der Waals surface area (Å²) in [6.45, 7) is 0.300. The number of nitriles is 1. The van der Waals surface area contributed by atoms with Crippen molar-refractivity contribution in [3.63, 3.8) is 0 Å². The lowest BCUT2D eigenvalue weighted by molar-refractivity contribution is -0.137. The van der Waals surface area contributed by atoms with Crippen molar-refractivity contribution < 1.29 is 18.3 Å². The van der Waals surface area contributed by atoms with Crippen LogP contribution in [-0.2, 0) is 6.18 Å². The van der Waals surface area contributed by atoms with Gasteiger partial charge >= 0.3 is 6.18 Å². The van der Waals surface area contributed by atoms with Crippen LogP contribution in [0.2, 0.25) is 0 Å². The van der Waals surface area contributed by atoms with E-state index in [2.05, 4.69) is 4.98 Å². The molecule has 124 valence electrons. The summed E-state index contributed by atoms with van der Waals surface area (Å²) in [6.07, 6.45) is -3.22. The number of aromatic nitrogens is 1. The number of anilines is 1. The van der Waals surface area contributed by atoms with E-state index in [1.54, 1.807) is 18.2 Å². The SMILES string of the molecule is N#Cc1ccc(N2C[C@@H](O)C[C@@H]2c2cccc(C(F)(F)F)c2)cn1. The summed E-state index contributed by atoms with van der Waals surface area (Å²) in [7, 11) is 0. The highest BCUT2D eigenvalue weighted by molar-refractivity contribution is 5.50. The van der Waals surface area contributed by atoms with E-state index in [1.165, 1.54) is 12.3 Å². The zero-order valence-electron chi connectivity index (χ0n) is 12.5. The molecule has 0 spiro atoms. The predicted octanol–water partition coefficient (Wildman–Crippen LogP) is 3.28. The highest BCUT2D eigenvalue weighted by Gasteiger charge is 2.35. The Morgan fingerprint density at radius 1 is 1.25 bits per heavy atom. The van der Waals surface area contributed by atoms with Crippen molar-refractivity contribution in [1.82, 2.24) is 4.98 Å². The third-order valence-corrected chi connectivity index (χ3v) is 4.07. The van der Waals surface area contributed by atoms with Crippen molar-refractivity contribution in [2.24, 2.45) is 0 Å². The zero-order valence-corrected chi connectivity index (χ0v) is 12.5. The van der Waals surface area contributed by atoms with Gasteiger partial charge in [-0.2, -0.15) is 18.4 Å². The van der Waals surface area contributed by atoms with Crippen LogP contribution in [0.25, 0.3) is 0 Å². The van der Waals surface area contributed by atoms with E-state index in [4.69, 9.17) is 5.26 Å². The second-order valence-corrected chi connectivity index (χ2v) is 5.69. The summed E-state index contributed by atoms with van der Waals surface area (Å²) < 4.78 is 38.8. The summed E-state index contributed by atoms with van der Waals surface area (Å²) in [6, 6.07) is 9.92. The Bertz CT molecular complexity index is 768. The van der Waals surface area contributed by atoms with E-state index in [-0.39, 0.29) is 11.7 Å². The van der Waals surface area contributed by atoms with Gasteiger partial charge in [-0.15, -0.1) is 0 Å². The van der Waals surface area contributed by atoms with Gasteiger partial charge in [-0.25, -0.2) is 4.98 Å². The Balaban J connectivity index is 1.95. The lowest BCUT2D eigenvalue weighted by Gasteiger charge is -2.27. The fourth-order valence-electron chi connectivity index (χ4n) is 2.96. The minimum Gasteiger partial charge on any atom is -0.391 e. The quantitative estimate of drug-likeness (QED) is 0.916. The van der Waals surface area contributed by atoms with Gasteiger partial charge in [-0.3, -0.25) is 0 Å². The highest BCUT2D eigenvalue weighted by atomic mass is 19.4. The van der Waals surface area contributed by atoms with Crippen molar-refractivity contribution in [3.8, 4) is 6.07 Å². The van der Waals surface area contributed by atoms with Crippen LogP contribution in [0, 0.1) is 11.3 Å². The number of hydrogen-bond donors (Lipinski definition) is 1. The molecule has 7 heteroatoms. The number of hydrogen-bond acceptors (Lipinski definition) is 4. The molecular formula is C17H14F3N3O. The lowest BCUT2D eigenvalue weighted by Crippen LogP contribution is -2.24. The minimum absolute atomic E-state index is 0.258. The Labute approximate surface area is 136 Å². The topological polar surface area (TPSA) is 60.2 Å². The molecule has 1 aliphatic rings. The summed E-state index contributed by atoms with van der Waals surface area (Å²) >= 11 is 0. The molecule has 0 bridgehead atoms. The van der Waals surface area contributed by atoms with Crippen LogP contribution in [0.15, 0.2) is 42.6 Å². The number of β-amino-alcohol motifs (C(OH)–C–C–N with tert-alkyl or cyclic N) is 1. The van der Waals surface area contributed by atoms with E-state index in [0.717, 1.165) is 12.1 Å². The summed E-state index contributed by atoms with van der Waals surface area (Å²) in [5.74, 6) is 0. The molecule has 0 radical (unpaired) electrons. The van der Waals surface area contributed by atoms with Crippen LogP contribution < -0.4 is 4.90 Å². The third kappa shape index (κ3) is 3.19. The molecule has 0 saturated carbocycles. The van der Waals surface area contributed by atoms with Crippen LogP contribution in [0.5, 0.6) is 0 Å². The van der Waals surface area contributed by atoms with Gasteiger partial charge in [0.25, 0.3) is 0 Å². The first-order valence-corrected chi connectivity index (χ1v) is 7.36. The Morgan fingerprint density at radius 2 is 2.04 bits per heavy atom. The van der Waals surface area contributed by atoms with Gasteiger partial charge in [0.15, 0.2) is 0 Å². The maximum Gasteiger partial charge on any atom is 0.416 e. The number of rotatable bonds is 2. The number of alkyl halides is 3. The van der Waals surface area contributed by atoms with Crippen molar-refractivity contribution in [2.45, 2.75) is 24.7 Å². The van der Waals surface area contributed by atoms with Gasteiger partial charge in [0.2, 0.25) is 0 Å². The maximum absolute atomic E-state index is 12.9. The maximum atomic E-state index is 12.9. The molecule has 4 nitrogen and oxygen atoms in total. The van der Waals surface area contributed by atoms with Gasteiger partial charge in [0, 0.05) is 6.54 Å². The van der Waals surface area contributed by atoms with E-state index in [1.807, 2.05) is 11.0 Å². The standard InChI is InChI=1S/C17H14F3N3O/c18-17(19,20)12-3-1-2-11(6-12)16-7-15(24)10-23(16)14-5-4-13(8-21)22-9-14/h1-6,9,15-16,24H,7,10H2/t15-,16+/m0/s1.